The Morgan fingerprint density at radius 3 is 2.45 bits per heavy atom. The fraction of sp³-hybridized carbons (Fsp3) is 0.867. The van der Waals surface area contributed by atoms with E-state index in [9.17, 15) is 9.59 Å². The highest BCUT2D eigenvalue weighted by molar-refractivity contribution is 5.81. The molecule has 2 aliphatic rings. The summed E-state index contributed by atoms with van der Waals surface area (Å²) in [6, 6.07) is 0.207. The summed E-state index contributed by atoms with van der Waals surface area (Å²) >= 11 is 0. The van der Waals surface area contributed by atoms with Gasteiger partial charge in [-0.1, -0.05) is 6.42 Å². The molecule has 2 rings (SSSR count). The summed E-state index contributed by atoms with van der Waals surface area (Å²) in [5.74, 6) is 0.763. The average Bonchev–Trinajstić information content (AvgIpc) is 3.07. The predicted octanol–water partition coefficient (Wildman–Crippen LogP) is 2.21. The van der Waals surface area contributed by atoms with E-state index in [1.807, 2.05) is 20.8 Å². The minimum atomic E-state index is -0.473. The average molecular weight is 282 g/mol. The molecule has 2 aliphatic carbocycles. The second kappa shape index (κ2) is 6.02. The van der Waals surface area contributed by atoms with Gasteiger partial charge in [-0.05, 0) is 52.4 Å². The maximum absolute atomic E-state index is 11.8. The van der Waals surface area contributed by atoms with Gasteiger partial charge in [0.25, 0.3) is 0 Å². The summed E-state index contributed by atoms with van der Waals surface area (Å²) in [5, 5.41) is 5.95. The number of hydrogen-bond donors (Lipinski definition) is 2. The van der Waals surface area contributed by atoms with E-state index in [4.69, 9.17) is 4.74 Å². The largest absolute Gasteiger partial charge is 0.444 e. The molecule has 0 radical (unpaired) electrons. The quantitative estimate of drug-likeness (QED) is 0.830. The van der Waals surface area contributed by atoms with Crippen LogP contribution in [-0.4, -0.2) is 30.2 Å². The number of carbonyl (C=O) groups excluding carboxylic acids is 2. The molecule has 2 N–H and O–H groups in total. The van der Waals surface area contributed by atoms with E-state index in [1.165, 1.54) is 0 Å². The van der Waals surface area contributed by atoms with Crippen LogP contribution in [0.15, 0.2) is 0 Å². The molecule has 0 spiro atoms. The third-order valence-corrected chi connectivity index (χ3v) is 3.84. The standard InChI is InChI=1S/C15H26N2O3/c1-15(2,3)20-14(19)16-9-11-5-4-6-12(11)17-13(18)10-7-8-10/h10-12H,4-9H2,1-3H3,(H,16,19)(H,17,18). The molecule has 114 valence electrons. The Bertz CT molecular complexity index is 372. The van der Waals surface area contributed by atoms with Crippen molar-refractivity contribution in [1.29, 1.82) is 0 Å². The van der Waals surface area contributed by atoms with Crippen LogP contribution in [0.2, 0.25) is 0 Å². The van der Waals surface area contributed by atoms with Gasteiger partial charge < -0.3 is 15.4 Å². The first-order valence-electron chi connectivity index (χ1n) is 7.62. The van der Waals surface area contributed by atoms with Crippen LogP contribution in [0.25, 0.3) is 0 Å². The van der Waals surface area contributed by atoms with Crippen molar-refractivity contribution in [3.63, 3.8) is 0 Å². The summed E-state index contributed by atoms with van der Waals surface area (Å²) in [6.45, 7) is 6.12. The number of alkyl carbamates (subject to hydrolysis) is 1. The first-order valence-corrected chi connectivity index (χ1v) is 7.62. The molecule has 0 aromatic rings. The number of amides is 2. The van der Waals surface area contributed by atoms with Crippen LogP contribution in [-0.2, 0) is 9.53 Å². The van der Waals surface area contributed by atoms with Crippen LogP contribution in [0.5, 0.6) is 0 Å². The molecule has 2 unspecified atom stereocenters. The molecule has 0 aromatic heterocycles. The van der Waals surface area contributed by atoms with E-state index in [0.717, 1.165) is 32.1 Å². The lowest BCUT2D eigenvalue weighted by atomic mass is 10.0. The molecule has 2 atom stereocenters. The number of rotatable bonds is 4. The summed E-state index contributed by atoms with van der Waals surface area (Å²) in [4.78, 5) is 23.5. The van der Waals surface area contributed by atoms with Crippen LogP contribution >= 0.6 is 0 Å². The summed E-state index contributed by atoms with van der Waals surface area (Å²) in [7, 11) is 0. The van der Waals surface area contributed by atoms with Gasteiger partial charge in [0.2, 0.25) is 5.91 Å². The van der Waals surface area contributed by atoms with Crippen molar-refractivity contribution in [2.45, 2.75) is 64.5 Å². The van der Waals surface area contributed by atoms with Gasteiger partial charge in [-0.15, -0.1) is 0 Å². The van der Waals surface area contributed by atoms with Gasteiger partial charge in [0, 0.05) is 18.5 Å². The van der Waals surface area contributed by atoms with E-state index in [2.05, 4.69) is 10.6 Å². The predicted molar refractivity (Wildman–Crippen MR) is 76.2 cm³/mol. The van der Waals surface area contributed by atoms with Crippen molar-refractivity contribution >= 4 is 12.0 Å². The number of ether oxygens (including phenoxy) is 1. The number of hydrogen-bond acceptors (Lipinski definition) is 3. The van der Waals surface area contributed by atoms with E-state index in [1.54, 1.807) is 0 Å². The van der Waals surface area contributed by atoms with Gasteiger partial charge in [0.15, 0.2) is 0 Å². The SMILES string of the molecule is CC(C)(C)OC(=O)NCC1CCCC1NC(=O)C1CC1. The van der Waals surface area contributed by atoms with Gasteiger partial charge in [-0.2, -0.15) is 0 Å². The van der Waals surface area contributed by atoms with Gasteiger partial charge in [0.1, 0.15) is 5.60 Å². The molecule has 2 amide bonds. The van der Waals surface area contributed by atoms with Crippen LogP contribution in [0.3, 0.4) is 0 Å². The zero-order chi connectivity index (χ0) is 14.8. The lowest BCUT2D eigenvalue weighted by molar-refractivity contribution is -0.123. The summed E-state index contributed by atoms with van der Waals surface area (Å²) in [5.41, 5.74) is -0.473. The fourth-order valence-corrected chi connectivity index (χ4v) is 2.65. The molecule has 0 bridgehead atoms. The third-order valence-electron chi connectivity index (χ3n) is 3.84. The second-order valence-electron chi connectivity index (χ2n) is 6.96. The Morgan fingerprint density at radius 2 is 1.85 bits per heavy atom. The Morgan fingerprint density at radius 1 is 1.15 bits per heavy atom. The maximum atomic E-state index is 11.8. The molecular weight excluding hydrogens is 256 g/mol. The van der Waals surface area contributed by atoms with E-state index >= 15 is 0 Å². The summed E-state index contributed by atoms with van der Waals surface area (Å²) in [6.07, 6.45) is 4.84. The zero-order valence-electron chi connectivity index (χ0n) is 12.7. The summed E-state index contributed by atoms with van der Waals surface area (Å²) < 4.78 is 5.22. The van der Waals surface area contributed by atoms with Crippen molar-refractivity contribution < 1.29 is 14.3 Å². The minimum absolute atomic E-state index is 0.194. The van der Waals surface area contributed by atoms with E-state index < -0.39 is 5.60 Å². The molecular formula is C15H26N2O3. The fourth-order valence-electron chi connectivity index (χ4n) is 2.65. The van der Waals surface area contributed by atoms with Crippen LogP contribution in [0.1, 0.15) is 52.9 Å². The molecule has 0 saturated heterocycles. The molecule has 0 aliphatic heterocycles. The topological polar surface area (TPSA) is 67.4 Å². The van der Waals surface area contributed by atoms with E-state index in [0.29, 0.717) is 12.5 Å². The van der Waals surface area contributed by atoms with Crippen LogP contribution in [0.4, 0.5) is 4.79 Å². The lowest BCUT2D eigenvalue weighted by Gasteiger charge is -2.23. The molecule has 5 heteroatoms. The lowest BCUT2D eigenvalue weighted by Crippen LogP contribution is -2.43. The van der Waals surface area contributed by atoms with Crippen LogP contribution in [0, 0.1) is 11.8 Å². The Labute approximate surface area is 120 Å². The van der Waals surface area contributed by atoms with Gasteiger partial charge >= 0.3 is 6.09 Å². The second-order valence-corrected chi connectivity index (χ2v) is 6.96. The minimum Gasteiger partial charge on any atom is -0.444 e. The van der Waals surface area contributed by atoms with Gasteiger partial charge in [0.05, 0.1) is 0 Å². The Hall–Kier alpha value is -1.26. The van der Waals surface area contributed by atoms with Crippen molar-refractivity contribution in [1.82, 2.24) is 10.6 Å². The first kappa shape index (κ1) is 15.1. The zero-order valence-corrected chi connectivity index (χ0v) is 12.7. The Balaban J connectivity index is 1.73. The molecule has 2 saturated carbocycles. The number of nitrogens with one attached hydrogen (secondary N) is 2. The monoisotopic (exact) mass is 282 g/mol. The smallest absolute Gasteiger partial charge is 0.407 e. The highest BCUT2D eigenvalue weighted by atomic mass is 16.6. The van der Waals surface area contributed by atoms with Crippen LogP contribution < -0.4 is 10.6 Å². The van der Waals surface area contributed by atoms with Crippen molar-refractivity contribution in [2.75, 3.05) is 6.54 Å². The van der Waals surface area contributed by atoms with Crippen molar-refractivity contribution in [2.24, 2.45) is 11.8 Å². The molecule has 0 heterocycles. The molecule has 2 fully saturated rings. The highest BCUT2D eigenvalue weighted by Crippen LogP contribution is 2.31. The van der Waals surface area contributed by atoms with Crippen molar-refractivity contribution in [3.05, 3.63) is 0 Å². The molecule has 5 nitrogen and oxygen atoms in total. The normalized spacial score (nSPS) is 26.1. The maximum Gasteiger partial charge on any atom is 0.407 e. The first-order chi connectivity index (χ1) is 9.35. The van der Waals surface area contributed by atoms with Crippen molar-refractivity contribution in [3.8, 4) is 0 Å². The molecule has 0 aromatic carbocycles. The Kier molecular flexibility index (Phi) is 4.55. The third kappa shape index (κ3) is 4.69. The number of carbonyl (C=O) groups is 2. The highest BCUT2D eigenvalue weighted by Gasteiger charge is 2.34. The van der Waals surface area contributed by atoms with Gasteiger partial charge in [-0.25, -0.2) is 4.79 Å². The molecule has 20 heavy (non-hydrogen) atoms. The van der Waals surface area contributed by atoms with Gasteiger partial charge in [-0.3, -0.25) is 4.79 Å². The van der Waals surface area contributed by atoms with E-state index in [-0.39, 0.29) is 24.0 Å².